The monoisotopic (exact) mass is 385 g/mol. The summed E-state index contributed by atoms with van der Waals surface area (Å²) in [6, 6.07) is 9.73. The van der Waals surface area contributed by atoms with Gasteiger partial charge in [0.05, 0.1) is 18.7 Å². The van der Waals surface area contributed by atoms with E-state index in [0.29, 0.717) is 19.4 Å². The van der Waals surface area contributed by atoms with E-state index in [4.69, 9.17) is 4.74 Å². The van der Waals surface area contributed by atoms with E-state index in [2.05, 4.69) is 16.6 Å². The van der Waals surface area contributed by atoms with E-state index in [-0.39, 0.29) is 25.3 Å². The molecule has 2 atom stereocenters. The van der Waals surface area contributed by atoms with Crippen LogP contribution in [0.2, 0.25) is 0 Å². The van der Waals surface area contributed by atoms with Crippen molar-refractivity contribution in [2.75, 3.05) is 19.9 Å². The van der Waals surface area contributed by atoms with Gasteiger partial charge in [0, 0.05) is 19.8 Å². The van der Waals surface area contributed by atoms with Gasteiger partial charge in [-0.25, -0.2) is 0 Å². The number of nitrogens with zero attached hydrogens (tertiary/aromatic N) is 1. The molecule has 0 aromatic heterocycles. The van der Waals surface area contributed by atoms with Gasteiger partial charge in [-0.15, -0.1) is 0 Å². The van der Waals surface area contributed by atoms with Crippen LogP contribution in [-0.4, -0.2) is 54.0 Å². The first-order chi connectivity index (χ1) is 13.6. The number of rotatable bonds is 8. The molecule has 0 saturated carbocycles. The highest BCUT2D eigenvalue weighted by molar-refractivity contribution is 5.77. The van der Waals surface area contributed by atoms with Crippen molar-refractivity contribution >= 4 is 11.9 Å². The highest BCUT2D eigenvalue weighted by Crippen LogP contribution is 2.19. The maximum absolute atomic E-state index is 12.3. The maximum Gasteiger partial charge on any atom is 0.304 e. The third kappa shape index (κ3) is 7.95. The number of aliphatic hydroxyl groups excluding tert-OH is 1. The number of hydrogen-bond acceptors (Lipinski definition) is 5. The van der Waals surface area contributed by atoms with Crippen molar-refractivity contribution in [2.24, 2.45) is 0 Å². The predicted octanol–water partition coefficient (Wildman–Crippen LogP) is 2.07. The molecule has 0 aliphatic carbocycles. The zero-order chi connectivity index (χ0) is 20.2. The van der Waals surface area contributed by atoms with Gasteiger partial charge in [0.25, 0.3) is 0 Å². The number of likely N-dealkylation sites (tertiary alicyclic amines) is 1. The molecule has 0 spiro atoms. The molecule has 1 aromatic rings. The second-order valence-electron chi connectivity index (χ2n) is 6.58. The lowest BCUT2D eigenvalue weighted by molar-refractivity contribution is -0.152. The predicted molar refractivity (Wildman–Crippen MR) is 105 cm³/mol. The zero-order valence-corrected chi connectivity index (χ0v) is 16.2. The molecule has 0 radical (unpaired) electrons. The molecule has 1 heterocycles. The molecule has 6 nitrogen and oxygen atoms in total. The Kier molecular flexibility index (Phi) is 9.26. The number of esters is 1. The highest BCUT2D eigenvalue weighted by atomic mass is 16.7. The second-order valence-corrected chi connectivity index (χ2v) is 6.58. The van der Waals surface area contributed by atoms with Crippen molar-refractivity contribution in [3.05, 3.63) is 48.0 Å². The molecule has 6 heteroatoms. The van der Waals surface area contributed by atoms with Crippen molar-refractivity contribution in [3.8, 4) is 11.8 Å². The van der Waals surface area contributed by atoms with Crippen molar-refractivity contribution in [3.63, 3.8) is 0 Å². The molecular weight excluding hydrogens is 358 g/mol. The molecule has 2 rings (SSSR count). The third-order valence-electron chi connectivity index (χ3n) is 4.35. The van der Waals surface area contributed by atoms with Crippen LogP contribution in [0.25, 0.3) is 0 Å². The Bertz CT molecular complexity index is 719. The summed E-state index contributed by atoms with van der Waals surface area (Å²) in [5.74, 6) is 5.40. The molecule has 150 valence electrons. The Balaban J connectivity index is 1.83. The lowest BCUT2D eigenvalue weighted by atomic mass is 9.99. The fraction of sp³-hybridized carbons (Fsp3) is 0.455. The Morgan fingerprint density at radius 1 is 1.36 bits per heavy atom. The number of carbonyl (C=O) groups is 2. The van der Waals surface area contributed by atoms with Crippen LogP contribution >= 0.6 is 0 Å². The SMILES string of the molecule is CC(=O)OCOCC#CCN1C(=O)CCC[C@@H]1/C=C/C(O)Cc1ccccc1. The molecule has 1 amide bonds. The van der Waals surface area contributed by atoms with E-state index in [1.54, 1.807) is 11.0 Å². The van der Waals surface area contributed by atoms with Crippen LogP contribution in [0, 0.1) is 11.8 Å². The highest BCUT2D eigenvalue weighted by Gasteiger charge is 2.25. The van der Waals surface area contributed by atoms with E-state index in [1.165, 1.54) is 6.92 Å². The quantitative estimate of drug-likeness (QED) is 0.244. The van der Waals surface area contributed by atoms with E-state index >= 15 is 0 Å². The first-order valence-electron chi connectivity index (χ1n) is 9.43. The van der Waals surface area contributed by atoms with Crippen LogP contribution in [0.15, 0.2) is 42.5 Å². The molecular formula is C22H27NO5. The van der Waals surface area contributed by atoms with E-state index in [9.17, 15) is 14.7 Å². The van der Waals surface area contributed by atoms with Gasteiger partial charge in [0.15, 0.2) is 6.79 Å². The lowest BCUT2D eigenvalue weighted by Crippen LogP contribution is -2.42. The Labute approximate surface area is 166 Å². The minimum Gasteiger partial charge on any atom is -0.439 e. The number of ether oxygens (including phenoxy) is 2. The van der Waals surface area contributed by atoms with Crippen LogP contribution in [-0.2, 0) is 25.5 Å². The molecule has 1 aliphatic heterocycles. The molecule has 1 N–H and O–H groups in total. The molecule has 1 aliphatic rings. The number of aliphatic hydroxyl groups is 1. The van der Waals surface area contributed by atoms with E-state index in [1.807, 2.05) is 36.4 Å². The van der Waals surface area contributed by atoms with Gasteiger partial charge in [-0.1, -0.05) is 54.3 Å². The van der Waals surface area contributed by atoms with Gasteiger partial charge < -0.3 is 19.5 Å². The van der Waals surface area contributed by atoms with Gasteiger partial charge in [-0.3, -0.25) is 9.59 Å². The summed E-state index contributed by atoms with van der Waals surface area (Å²) < 4.78 is 9.70. The summed E-state index contributed by atoms with van der Waals surface area (Å²) in [6.07, 6.45) is 5.81. The number of carbonyl (C=O) groups excluding carboxylic acids is 2. The van der Waals surface area contributed by atoms with E-state index in [0.717, 1.165) is 18.4 Å². The summed E-state index contributed by atoms with van der Waals surface area (Å²) in [7, 11) is 0. The summed E-state index contributed by atoms with van der Waals surface area (Å²) in [4.78, 5) is 24.6. The largest absolute Gasteiger partial charge is 0.439 e. The summed E-state index contributed by atoms with van der Waals surface area (Å²) >= 11 is 0. The average molecular weight is 385 g/mol. The number of benzene rings is 1. The second kappa shape index (κ2) is 12.0. The van der Waals surface area contributed by atoms with Crippen molar-refractivity contribution in [2.45, 2.75) is 44.8 Å². The van der Waals surface area contributed by atoms with Gasteiger partial charge in [0.2, 0.25) is 5.91 Å². The summed E-state index contributed by atoms with van der Waals surface area (Å²) in [5, 5.41) is 10.3. The van der Waals surface area contributed by atoms with Crippen molar-refractivity contribution < 1.29 is 24.2 Å². The van der Waals surface area contributed by atoms with Gasteiger partial charge >= 0.3 is 5.97 Å². The fourth-order valence-electron chi connectivity index (χ4n) is 2.94. The van der Waals surface area contributed by atoms with Crippen molar-refractivity contribution in [1.29, 1.82) is 0 Å². The van der Waals surface area contributed by atoms with Crippen molar-refractivity contribution in [1.82, 2.24) is 4.90 Å². The summed E-state index contributed by atoms with van der Waals surface area (Å²) in [5.41, 5.74) is 1.07. The Morgan fingerprint density at radius 3 is 2.89 bits per heavy atom. The number of piperidine rings is 1. The molecule has 1 unspecified atom stereocenters. The lowest BCUT2D eigenvalue weighted by Gasteiger charge is -2.32. The first-order valence-corrected chi connectivity index (χ1v) is 9.43. The number of hydrogen-bond donors (Lipinski definition) is 1. The minimum atomic E-state index is -0.595. The Hall–Kier alpha value is -2.62. The van der Waals surface area contributed by atoms with Gasteiger partial charge in [0.1, 0.15) is 6.61 Å². The molecule has 0 bridgehead atoms. The third-order valence-corrected chi connectivity index (χ3v) is 4.35. The van der Waals surface area contributed by atoms with Crippen LogP contribution < -0.4 is 0 Å². The molecule has 1 fully saturated rings. The standard InChI is InChI=1S/C22H27NO5/c1-18(24)28-17-27-15-6-5-14-23-20(10-7-11-22(23)26)12-13-21(25)16-19-8-3-2-4-9-19/h2-4,8-9,12-13,20-21,25H,7,10-11,14-17H2,1H3/b13-12+/t20-,21?/m1/s1. The average Bonchev–Trinajstić information content (AvgIpc) is 2.67. The van der Waals surface area contributed by atoms with E-state index < -0.39 is 12.1 Å². The van der Waals surface area contributed by atoms with Crippen LogP contribution in [0.3, 0.4) is 0 Å². The summed E-state index contributed by atoms with van der Waals surface area (Å²) in [6.45, 7) is 1.62. The minimum absolute atomic E-state index is 0.0635. The zero-order valence-electron chi connectivity index (χ0n) is 16.2. The molecule has 28 heavy (non-hydrogen) atoms. The van der Waals surface area contributed by atoms with Gasteiger partial charge in [-0.2, -0.15) is 0 Å². The Morgan fingerprint density at radius 2 is 2.14 bits per heavy atom. The topological polar surface area (TPSA) is 76.1 Å². The maximum atomic E-state index is 12.3. The van der Waals surface area contributed by atoms with Crippen LogP contribution in [0.5, 0.6) is 0 Å². The molecule has 1 aromatic carbocycles. The first kappa shape index (κ1) is 21.7. The molecule has 1 saturated heterocycles. The van der Waals surface area contributed by atoms with Gasteiger partial charge in [-0.05, 0) is 18.4 Å². The normalized spacial score (nSPS) is 17.9. The van der Waals surface area contributed by atoms with Crippen LogP contribution in [0.4, 0.5) is 0 Å². The smallest absolute Gasteiger partial charge is 0.304 e. The van der Waals surface area contributed by atoms with Crippen LogP contribution in [0.1, 0.15) is 31.7 Å². The number of amides is 1. The fourth-order valence-corrected chi connectivity index (χ4v) is 2.94.